The molecule has 0 aromatic heterocycles. The van der Waals surface area contributed by atoms with Crippen LogP contribution >= 0.6 is 0 Å². The number of esters is 2. The number of rotatable bonds is 12. The molecule has 0 spiro atoms. The van der Waals surface area contributed by atoms with Gasteiger partial charge < -0.3 is 59.1 Å². The Bertz CT molecular complexity index is 1520. The van der Waals surface area contributed by atoms with Gasteiger partial charge in [-0.1, -0.05) is 32.9 Å². The van der Waals surface area contributed by atoms with Gasteiger partial charge in [-0.25, -0.2) is 0 Å². The van der Waals surface area contributed by atoms with E-state index in [9.17, 15) is 45.0 Å². The molecule has 7 aliphatic rings. The smallest absolute Gasteiger partial charge is 0.310 e. The Morgan fingerprint density at radius 2 is 1.53 bits per heavy atom. The summed E-state index contributed by atoms with van der Waals surface area (Å²) >= 11 is 0. The molecular weight excluding hydrogens is 756 g/mol. The standard InChI is InChI=1S/C43H66O15/c1-20(6-7-24-16-21(24)2)28-10-11-30-27-9-8-25-17-26(12-14-42(25,5)29(27)13-15-43(28,30)41(51)52)55-40-38(54-23(4)46)37(34(48)31(18-44)56-40)58-39-36(50)35(49)33(47)32(57-39)19-53-22(3)45/h6-7,20-21,24-40,44,47-50H,8-19H2,1-5H3,(H,51,52). The van der Waals surface area contributed by atoms with Crippen LogP contribution in [0, 0.1) is 58.2 Å². The summed E-state index contributed by atoms with van der Waals surface area (Å²) in [5, 5.41) is 64.5. The predicted octanol–water partition coefficient (Wildman–Crippen LogP) is 2.71. The van der Waals surface area contributed by atoms with Crippen LogP contribution in [-0.2, 0) is 42.8 Å². The molecule has 0 amide bonds. The predicted molar refractivity (Wildman–Crippen MR) is 203 cm³/mol. The van der Waals surface area contributed by atoms with Crippen molar-refractivity contribution in [3.8, 4) is 0 Å². The second-order valence-electron chi connectivity index (χ2n) is 19.1. The Balaban J connectivity index is 1.04. The van der Waals surface area contributed by atoms with Crippen LogP contribution in [0.4, 0.5) is 0 Å². The van der Waals surface area contributed by atoms with E-state index in [2.05, 4.69) is 32.9 Å². The highest BCUT2D eigenvalue weighted by molar-refractivity contribution is 5.76. The van der Waals surface area contributed by atoms with Gasteiger partial charge in [0, 0.05) is 13.8 Å². The van der Waals surface area contributed by atoms with Crippen molar-refractivity contribution in [1.29, 1.82) is 0 Å². The average Bonchev–Trinajstić information content (AvgIpc) is 3.74. The number of hydrogen-bond donors (Lipinski definition) is 6. The number of carbonyl (C=O) groups is 3. The molecule has 7 rings (SSSR count). The molecule has 328 valence electrons. The monoisotopic (exact) mass is 822 g/mol. The molecule has 21 atom stereocenters. The van der Waals surface area contributed by atoms with E-state index in [1.54, 1.807) is 0 Å². The van der Waals surface area contributed by atoms with E-state index >= 15 is 0 Å². The number of aliphatic hydroxyl groups is 5. The van der Waals surface area contributed by atoms with Crippen LogP contribution < -0.4 is 0 Å². The van der Waals surface area contributed by atoms with Gasteiger partial charge in [-0.05, 0) is 117 Å². The van der Waals surface area contributed by atoms with Crippen molar-refractivity contribution in [1.82, 2.24) is 0 Å². The van der Waals surface area contributed by atoms with Gasteiger partial charge in [0.15, 0.2) is 18.7 Å². The lowest BCUT2D eigenvalue weighted by Crippen LogP contribution is -2.65. The van der Waals surface area contributed by atoms with E-state index < -0.39 is 97.9 Å². The van der Waals surface area contributed by atoms with Gasteiger partial charge in [0.05, 0.1) is 18.1 Å². The molecule has 2 heterocycles. The quantitative estimate of drug-likeness (QED) is 0.0945. The zero-order chi connectivity index (χ0) is 41.8. The van der Waals surface area contributed by atoms with E-state index in [1.807, 2.05) is 0 Å². The fourth-order valence-electron chi connectivity index (χ4n) is 12.6. The topological polar surface area (TPSA) is 228 Å². The maximum Gasteiger partial charge on any atom is 0.310 e. The van der Waals surface area contributed by atoms with Gasteiger partial charge >= 0.3 is 17.9 Å². The van der Waals surface area contributed by atoms with E-state index in [4.69, 9.17) is 28.4 Å². The fourth-order valence-corrected chi connectivity index (χ4v) is 12.6. The van der Waals surface area contributed by atoms with Crippen molar-refractivity contribution >= 4 is 17.9 Å². The second-order valence-corrected chi connectivity index (χ2v) is 19.1. The first-order chi connectivity index (χ1) is 27.5. The lowest BCUT2D eigenvalue weighted by atomic mass is 9.44. The maximum absolute atomic E-state index is 13.4. The Kier molecular flexibility index (Phi) is 13.1. The largest absolute Gasteiger partial charge is 0.481 e. The number of carbonyl (C=O) groups excluding carboxylic acids is 2. The molecule has 15 heteroatoms. The molecule has 2 saturated heterocycles. The van der Waals surface area contributed by atoms with Crippen LogP contribution in [-0.4, -0.2) is 129 Å². The molecule has 21 unspecified atom stereocenters. The Morgan fingerprint density at radius 3 is 2.19 bits per heavy atom. The molecule has 15 nitrogen and oxygen atoms in total. The third-order valence-corrected chi connectivity index (χ3v) is 15.9. The average molecular weight is 823 g/mol. The van der Waals surface area contributed by atoms with Gasteiger partial charge in [-0.3, -0.25) is 14.4 Å². The van der Waals surface area contributed by atoms with Crippen molar-refractivity contribution in [2.45, 2.75) is 166 Å². The summed E-state index contributed by atoms with van der Waals surface area (Å²) in [5.41, 5.74) is -0.709. The minimum absolute atomic E-state index is 0.0140. The second kappa shape index (κ2) is 17.3. The summed E-state index contributed by atoms with van der Waals surface area (Å²) in [7, 11) is 0. The number of allylic oxidation sites excluding steroid dienone is 2. The number of hydrogen-bond acceptors (Lipinski definition) is 14. The number of aliphatic hydroxyl groups excluding tert-OH is 5. The van der Waals surface area contributed by atoms with Crippen molar-refractivity contribution < 1.29 is 73.4 Å². The van der Waals surface area contributed by atoms with Crippen LogP contribution in [0.1, 0.15) is 98.8 Å². The minimum Gasteiger partial charge on any atom is -0.481 e. The number of fused-ring (bicyclic) bond motifs is 5. The van der Waals surface area contributed by atoms with Gasteiger partial charge in [-0.15, -0.1) is 0 Å². The first-order valence-electron chi connectivity index (χ1n) is 21.7. The van der Waals surface area contributed by atoms with Gasteiger partial charge in [-0.2, -0.15) is 0 Å². The number of ether oxygens (including phenoxy) is 6. The van der Waals surface area contributed by atoms with Crippen molar-refractivity contribution in [2.24, 2.45) is 58.2 Å². The molecule has 0 bridgehead atoms. The van der Waals surface area contributed by atoms with E-state index in [-0.39, 0.29) is 29.3 Å². The summed E-state index contributed by atoms with van der Waals surface area (Å²) in [5.74, 6) is 0.885. The molecule has 5 aliphatic carbocycles. The van der Waals surface area contributed by atoms with Crippen LogP contribution in [0.15, 0.2) is 12.2 Å². The van der Waals surface area contributed by atoms with Crippen molar-refractivity contribution in [2.75, 3.05) is 13.2 Å². The molecule has 2 aliphatic heterocycles. The lowest BCUT2D eigenvalue weighted by Gasteiger charge is -2.61. The van der Waals surface area contributed by atoms with Crippen molar-refractivity contribution in [3.05, 3.63) is 12.2 Å². The fraction of sp³-hybridized carbons (Fsp3) is 0.884. The van der Waals surface area contributed by atoms with Crippen LogP contribution in [0.2, 0.25) is 0 Å². The van der Waals surface area contributed by atoms with Crippen LogP contribution in [0.3, 0.4) is 0 Å². The normalized spacial score (nSPS) is 49.3. The lowest BCUT2D eigenvalue weighted by molar-refractivity contribution is -0.365. The molecule has 5 saturated carbocycles. The van der Waals surface area contributed by atoms with Crippen LogP contribution in [0.25, 0.3) is 0 Å². The molecular formula is C43H66O15. The zero-order valence-electron chi connectivity index (χ0n) is 34.5. The SMILES string of the molecule is CC(=O)OCC1OC(OC2C(O)C(CO)OC(OC3CCC4(C)C(CCC5C4CCC4(C(=O)O)C(C(C)C=CC6CC6C)CCC54)C3)C2OC(C)=O)C(O)C(O)C1O. The maximum atomic E-state index is 13.4. The zero-order valence-corrected chi connectivity index (χ0v) is 34.5. The first kappa shape index (κ1) is 43.9. The minimum atomic E-state index is -1.82. The summed E-state index contributed by atoms with van der Waals surface area (Å²) in [6, 6.07) is 0. The first-order valence-corrected chi connectivity index (χ1v) is 21.7. The summed E-state index contributed by atoms with van der Waals surface area (Å²) in [6.07, 6.45) is -2.14. The summed E-state index contributed by atoms with van der Waals surface area (Å²) < 4.78 is 35.0. The van der Waals surface area contributed by atoms with E-state index in [0.29, 0.717) is 42.9 Å². The Morgan fingerprint density at radius 1 is 0.810 bits per heavy atom. The molecule has 6 N–H and O–H groups in total. The van der Waals surface area contributed by atoms with Gasteiger partial charge in [0.2, 0.25) is 0 Å². The highest BCUT2D eigenvalue weighted by atomic mass is 16.8. The third kappa shape index (κ3) is 8.13. The number of carboxylic acid groups (broad SMARTS) is 1. The van der Waals surface area contributed by atoms with E-state index in [0.717, 1.165) is 51.4 Å². The molecule has 7 fully saturated rings. The Hall–Kier alpha value is -2.21. The summed E-state index contributed by atoms with van der Waals surface area (Å²) in [6.45, 7) is 8.08. The van der Waals surface area contributed by atoms with Crippen LogP contribution in [0.5, 0.6) is 0 Å². The molecule has 0 aromatic rings. The van der Waals surface area contributed by atoms with Crippen molar-refractivity contribution in [3.63, 3.8) is 0 Å². The molecule has 58 heavy (non-hydrogen) atoms. The summed E-state index contributed by atoms with van der Waals surface area (Å²) in [4.78, 5) is 37.3. The number of aliphatic carboxylic acids is 1. The highest BCUT2D eigenvalue weighted by Gasteiger charge is 2.65. The Labute approximate surface area is 340 Å². The highest BCUT2D eigenvalue weighted by Crippen LogP contribution is 2.68. The molecule has 0 aromatic carbocycles. The third-order valence-electron chi connectivity index (χ3n) is 15.9. The van der Waals surface area contributed by atoms with Gasteiger partial charge in [0.1, 0.15) is 49.3 Å². The van der Waals surface area contributed by atoms with Gasteiger partial charge in [0.25, 0.3) is 0 Å². The van der Waals surface area contributed by atoms with E-state index in [1.165, 1.54) is 13.3 Å². The molecule has 0 radical (unpaired) electrons. The number of carboxylic acids is 1.